The number of benzene rings is 1. The van der Waals surface area contributed by atoms with Crippen LogP contribution in [0.2, 0.25) is 0 Å². The van der Waals surface area contributed by atoms with Gasteiger partial charge in [-0.2, -0.15) is 0 Å². The second-order valence-corrected chi connectivity index (χ2v) is 3.94. The lowest BCUT2D eigenvalue weighted by atomic mass is 10.1. The molecule has 1 aromatic carbocycles. The molecule has 2 rings (SSSR count). The number of methoxy groups -OCH3 is 1. The molecule has 0 bridgehead atoms. The monoisotopic (exact) mass is 244 g/mol. The van der Waals surface area contributed by atoms with Crippen molar-refractivity contribution in [3.05, 3.63) is 48.2 Å². The normalized spacial score (nSPS) is 11.9. The van der Waals surface area contributed by atoms with Gasteiger partial charge >= 0.3 is 0 Å². The molecule has 0 amide bonds. The van der Waals surface area contributed by atoms with Crippen molar-refractivity contribution in [2.45, 2.75) is 13.0 Å². The maximum atomic E-state index is 5.89. The topological polar surface area (TPSA) is 57.4 Å². The molecule has 0 saturated heterocycles. The number of aromatic nitrogens is 1. The smallest absolute Gasteiger partial charge is 0.224 e. The molecule has 1 atom stereocenters. The van der Waals surface area contributed by atoms with Gasteiger partial charge in [-0.3, -0.25) is 0 Å². The standard InChI is InChI=1S/C14H16N2O2/c1-10(15)11-6-5-9-16-14(11)18-13-8-4-3-7-12(13)17-2/h3-10H,15H2,1-2H3/t10-/m0/s1. The first-order valence-corrected chi connectivity index (χ1v) is 5.73. The third-order valence-corrected chi connectivity index (χ3v) is 2.57. The maximum Gasteiger partial charge on any atom is 0.224 e. The zero-order chi connectivity index (χ0) is 13.0. The second-order valence-electron chi connectivity index (χ2n) is 3.94. The molecule has 4 nitrogen and oxygen atoms in total. The summed E-state index contributed by atoms with van der Waals surface area (Å²) in [4.78, 5) is 4.21. The van der Waals surface area contributed by atoms with Crippen molar-refractivity contribution in [3.63, 3.8) is 0 Å². The van der Waals surface area contributed by atoms with Gasteiger partial charge in [-0.1, -0.05) is 18.2 Å². The Kier molecular flexibility index (Phi) is 3.79. The van der Waals surface area contributed by atoms with E-state index in [2.05, 4.69) is 4.98 Å². The number of nitrogens with two attached hydrogens (primary N) is 1. The van der Waals surface area contributed by atoms with Crippen molar-refractivity contribution >= 4 is 0 Å². The lowest BCUT2D eigenvalue weighted by Crippen LogP contribution is -2.07. The van der Waals surface area contributed by atoms with Crippen LogP contribution in [0.4, 0.5) is 0 Å². The highest BCUT2D eigenvalue weighted by Gasteiger charge is 2.11. The van der Waals surface area contributed by atoms with Crippen molar-refractivity contribution in [2.75, 3.05) is 7.11 Å². The highest BCUT2D eigenvalue weighted by molar-refractivity contribution is 5.43. The van der Waals surface area contributed by atoms with E-state index in [1.807, 2.05) is 43.3 Å². The quantitative estimate of drug-likeness (QED) is 0.898. The van der Waals surface area contributed by atoms with Crippen molar-refractivity contribution < 1.29 is 9.47 Å². The minimum Gasteiger partial charge on any atom is -0.493 e. The molecule has 0 saturated carbocycles. The highest BCUT2D eigenvalue weighted by atomic mass is 16.5. The summed E-state index contributed by atoms with van der Waals surface area (Å²) >= 11 is 0. The first-order valence-electron chi connectivity index (χ1n) is 5.73. The highest BCUT2D eigenvalue weighted by Crippen LogP contribution is 2.32. The van der Waals surface area contributed by atoms with Crippen LogP contribution in [0.3, 0.4) is 0 Å². The first-order chi connectivity index (χ1) is 8.72. The minimum atomic E-state index is -0.136. The maximum absolute atomic E-state index is 5.89. The molecule has 18 heavy (non-hydrogen) atoms. The first kappa shape index (κ1) is 12.4. The van der Waals surface area contributed by atoms with Crippen molar-refractivity contribution in [3.8, 4) is 17.4 Å². The zero-order valence-corrected chi connectivity index (χ0v) is 10.5. The van der Waals surface area contributed by atoms with E-state index < -0.39 is 0 Å². The number of hydrogen-bond acceptors (Lipinski definition) is 4. The summed E-state index contributed by atoms with van der Waals surface area (Å²) in [6, 6.07) is 11.0. The predicted octanol–water partition coefficient (Wildman–Crippen LogP) is 2.90. The third kappa shape index (κ3) is 2.60. The van der Waals surface area contributed by atoms with E-state index in [1.54, 1.807) is 13.3 Å². The fourth-order valence-electron chi connectivity index (χ4n) is 1.64. The molecule has 1 aromatic heterocycles. The summed E-state index contributed by atoms with van der Waals surface area (Å²) < 4.78 is 11.0. The van der Waals surface area contributed by atoms with Crippen LogP contribution < -0.4 is 15.2 Å². The molecule has 0 aliphatic carbocycles. The van der Waals surface area contributed by atoms with E-state index in [1.165, 1.54) is 0 Å². The van der Waals surface area contributed by atoms with Gasteiger partial charge in [0, 0.05) is 17.8 Å². The van der Waals surface area contributed by atoms with Gasteiger partial charge in [-0.05, 0) is 25.1 Å². The minimum absolute atomic E-state index is 0.136. The van der Waals surface area contributed by atoms with Crippen LogP contribution in [-0.4, -0.2) is 12.1 Å². The lowest BCUT2D eigenvalue weighted by Gasteiger charge is -2.13. The summed E-state index contributed by atoms with van der Waals surface area (Å²) in [5.74, 6) is 1.80. The molecular weight excluding hydrogens is 228 g/mol. The fraction of sp³-hybridized carbons (Fsp3) is 0.214. The molecule has 0 radical (unpaired) electrons. The van der Waals surface area contributed by atoms with E-state index in [0.29, 0.717) is 17.4 Å². The Hall–Kier alpha value is -2.07. The molecule has 4 heteroatoms. The Morgan fingerprint density at radius 1 is 1.11 bits per heavy atom. The van der Waals surface area contributed by atoms with Crippen LogP contribution in [0.15, 0.2) is 42.6 Å². The average molecular weight is 244 g/mol. The summed E-state index contributed by atoms with van der Waals surface area (Å²) in [7, 11) is 1.60. The van der Waals surface area contributed by atoms with Gasteiger partial charge < -0.3 is 15.2 Å². The lowest BCUT2D eigenvalue weighted by molar-refractivity contribution is 0.371. The van der Waals surface area contributed by atoms with E-state index >= 15 is 0 Å². The zero-order valence-electron chi connectivity index (χ0n) is 10.5. The van der Waals surface area contributed by atoms with Gasteiger partial charge in [0.05, 0.1) is 7.11 Å². The summed E-state index contributed by atoms with van der Waals surface area (Å²) in [5, 5.41) is 0. The van der Waals surface area contributed by atoms with E-state index in [0.717, 1.165) is 5.56 Å². The predicted molar refractivity (Wildman–Crippen MR) is 69.9 cm³/mol. The van der Waals surface area contributed by atoms with Crippen LogP contribution in [0.25, 0.3) is 0 Å². The van der Waals surface area contributed by atoms with Gasteiger partial charge in [0.25, 0.3) is 0 Å². The number of nitrogens with zero attached hydrogens (tertiary/aromatic N) is 1. The summed E-state index contributed by atoms with van der Waals surface area (Å²) in [5.41, 5.74) is 6.75. The fourth-order valence-corrected chi connectivity index (χ4v) is 1.64. The molecule has 0 unspecified atom stereocenters. The largest absolute Gasteiger partial charge is 0.493 e. The Morgan fingerprint density at radius 2 is 1.83 bits per heavy atom. The number of ether oxygens (including phenoxy) is 2. The molecule has 0 aliphatic heterocycles. The van der Waals surface area contributed by atoms with Crippen molar-refractivity contribution in [1.29, 1.82) is 0 Å². The Bertz CT molecular complexity index is 527. The third-order valence-electron chi connectivity index (χ3n) is 2.57. The van der Waals surface area contributed by atoms with Crippen molar-refractivity contribution in [2.24, 2.45) is 5.73 Å². The van der Waals surface area contributed by atoms with Crippen LogP contribution in [0.5, 0.6) is 17.4 Å². The van der Waals surface area contributed by atoms with E-state index in [9.17, 15) is 0 Å². The molecule has 0 spiro atoms. The van der Waals surface area contributed by atoms with Gasteiger partial charge in [-0.25, -0.2) is 4.98 Å². The molecule has 0 fully saturated rings. The van der Waals surface area contributed by atoms with Gasteiger partial charge in [0.15, 0.2) is 11.5 Å². The molecule has 1 heterocycles. The van der Waals surface area contributed by atoms with Crippen LogP contribution in [0, 0.1) is 0 Å². The van der Waals surface area contributed by atoms with Crippen LogP contribution in [-0.2, 0) is 0 Å². The van der Waals surface area contributed by atoms with Gasteiger partial charge in [-0.15, -0.1) is 0 Å². The second kappa shape index (κ2) is 5.51. The van der Waals surface area contributed by atoms with Gasteiger partial charge in [0.1, 0.15) is 0 Å². The van der Waals surface area contributed by atoms with Crippen LogP contribution >= 0.6 is 0 Å². The van der Waals surface area contributed by atoms with Crippen LogP contribution in [0.1, 0.15) is 18.5 Å². The Morgan fingerprint density at radius 3 is 2.50 bits per heavy atom. The Labute approximate surface area is 106 Å². The SMILES string of the molecule is COc1ccccc1Oc1ncccc1[C@H](C)N. The summed E-state index contributed by atoms with van der Waals surface area (Å²) in [6.45, 7) is 1.89. The molecule has 2 N–H and O–H groups in total. The number of rotatable bonds is 4. The number of para-hydroxylation sites is 2. The molecule has 94 valence electrons. The van der Waals surface area contributed by atoms with Crippen molar-refractivity contribution in [1.82, 2.24) is 4.98 Å². The number of hydrogen-bond donors (Lipinski definition) is 1. The molecular formula is C14H16N2O2. The van der Waals surface area contributed by atoms with Gasteiger partial charge in [0.2, 0.25) is 5.88 Å². The van der Waals surface area contributed by atoms with E-state index in [4.69, 9.17) is 15.2 Å². The average Bonchev–Trinajstić information content (AvgIpc) is 2.40. The molecule has 2 aromatic rings. The summed E-state index contributed by atoms with van der Waals surface area (Å²) in [6.07, 6.45) is 1.68. The molecule has 0 aliphatic rings. The number of pyridine rings is 1. The van der Waals surface area contributed by atoms with E-state index in [-0.39, 0.29) is 6.04 Å². The Balaban J connectivity index is 2.34.